The van der Waals surface area contributed by atoms with E-state index in [0.29, 0.717) is 17.7 Å². The Morgan fingerprint density at radius 2 is 2.12 bits per heavy atom. The van der Waals surface area contributed by atoms with Crippen molar-refractivity contribution in [3.05, 3.63) is 29.3 Å². The second-order valence-corrected chi connectivity index (χ2v) is 3.90. The standard InChI is InChI=1S/C11H12O4S/c12-3-1-2-7-4-8(6-9(16)5-7)10(13)11(14)15/h3-6,10,13,16H,1-2H2,(H,14,15). The Kier molecular flexibility index (Phi) is 4.52. The highest BCUT2D eigenvalue weighted by molar-refractivity contribution is 7.80. The molecule has 0 radical (unpaired) electrons. The molecule has 0 amide bonds. The van der Waals surface area contributed by atoms with Crippen molar-refractivity contribution in [1.82, 2.24) is 0 Å². The molecule has 0 spiro atoms. The number of aldehydes is 1. The number of carboxylic acid groups (broad SMARTS) is 1. The maximum atomic E-state index is 10.6. The molecule has 0 saturated heterocycles. The van der Waals surface area contributed by atoms with Gasteiger partial charge in [0.1, 0.15) is 6.29 Å². The number of carbonyl (C=O) groups excluding carboxylic acids is 1. The van der Waals surface area contributed by atoms with Gasteiger partial charge in [0, 0.05) is 11.3 Å². The molecule has 0 fully saturated rings. The van der Waals surface area contributed by atoms with Gasteiger partial charge in [-0.25, -0.2) is 4.79 Å². The van der Waals surface area contributed by atoms with E-state index in [4.69, 9.17) is 5.11 Å². The number of rotatable bonds is 5. The minimum atomic E-state index is -1.55. The third-order valence-electron chi connectivity index (χ3n) is 2.10. The van der Waals surface area contributed by atoms with Crippen LogP contribution in [0.3, 0.4) is 0 Å². The van der Waals surface area contributed by atoms with Crippen LogP contribution in [0.2, 0.25) is 0 Å². The summed E-state index contributed by atoms with van der Waals surface area (Å²) in [6, 6.07) is 4.80. The molecule has 1 aromatic carbocycles. The van der Waals surface area contributed by atoms with Crippen LogP contribution in [0.5, 0.6) is 0 Å². The lowest BCUT2D eigenvalue weighted by Crippen LogP contribution is -2.10. The Bertz CT molecular complexity index is 403. The number of carbonyl (C=O) groups is 2. The molecule has 1 rings (SSSR count). The van der Waals surface area contributed by atoms with E-state index in [-0.39, 0.29) is 5.56 Å². The number of hydrogen-bond acceptors (Lipinski definition) is 4. The monoisotopic (exact) mass is 240 g/mol. The molecular weight excluding hydrogens is 228 g/mol. The van der Waals surface area contributed by atoms with E-state index in [9.17, 15) is 14.7 Å². The van der Waals surface area contributed by atoms with E-state index in [0.717, 1.165) is 11.8 Å². The van der Waals surface area contributed by atoms with Crippen LogP contribution in [0.15, 0.2) is 23.1 Å². The molecular formula is C11H12O4S. The van der Waals surface area contributed by atoms with Crippen molar-refractivity contribution in [2.45, 2.75) is 23.8 Å². The Morgan fingerprint density at radius 1 is 1.44 bits per heavy atom. The molecule has 1 aromatic rings. The van der Waals surface area contributed by atoms with Gasteiger partial charge >= 0.3 is 5.97 Å². The number of thiol groups is 1. The summed E-state index contributed by atoms with van der Waals surface area (Å²) < 4.78 is 0. The predicted octanol–water partition coefficient (Wildman–Crippen LogP) is 1.22. The Morgan fingerprint density at radius 3 is 2.69 bits per heavy atom. The van der Waals surface area contributed by atoms with Gasteiger partial charge in [0.05, 0.1) is 0 Å². The van der Waals surface area contributed by atoms with Crippen molar-refractivity contribution in [3.8, 4) is 0 Å². The summed E-state index contributed by atoms with van der Waals surface area (Å²) in [5.41, 5.74) is 1.07. The summed E-state index contributed by atoms with van der Waals surface area (Å²) in [5, 5.41) is 18.0. The Labute approximate surface area is 98.3 Å². The van der Waals surface area contributed by atoms with Gasteiger partial charge in [-0.1, -0.05) is 6.07 Å². The predicted molar refractivity (Wildman–Crippen MR) is 60.7 cm³/mol. The molecule has 0 aliphatic heterocycles. The van der Waals surface area contributed by atoms with Crippen LogP contribution in [0.25, 0.3) is 0 Å². The first-order valence-electron chi connectivity index (χ1n) is 4.72. The fraction of sp³-hybridized carbons (Fsp3) is 0.273. The number of carboxylic acids is 1. The molecule has 0 aliphatic rings. The summed E-state index contributed by atoms with van der Waals surface area (Å²) in [6.07, 6.45) is 0.109. The smallest absolute Gasteiger partial charge is 0.337 e. The van der Waals surface area contributed by atoms with Crippen molar-refractivity contribution in [1.29, 1.82) is 0 Å². The maximum Gasteiger partial charge on any atom is 0.337 e. The Balaban J connectivity index is 2.97. The van der Waals surface area contributed by atoms with Crippen LogP contribution < -0.4 is 0 Å². The topological polar surface area (TPSA) is 74.6 Å². The van der Waals surface area contributed by atoms with Gasteiger partial charge in [0.2, 0.25) is 0 Å². The molecule has 0 aromatic heterocycles. The number of benzene rings is 1. The molecule has 0 saturated carbocycles. The summed E-state index contributed by atoms with van der Waals surface area (Å²) >= 11 is 4.12. The van der Waals surface area contributed by atoms with Gasteiger partial charge in [-0.05, 0) is 29.7 Å². The van der Waals surface area contributed by atoms with Crippen molar-refractivity contribution >= 4 is 24.9 Å². The zero-order chi connectivity index (χ0) is 12.1. The largest absolute Gasteiger partial charge is 0.479 e. The summed E-state index contributed by atoms with van der Waals surface area (Å²) in [4.78, 5) is 21.4. The second-order valence-electron chi connectivity index (χ2n) is 3.38. The fourth-order valence-electron chi connectivity index (χ4n) is 1.37. The van der Waals surface area contributed by atoms with Gasteiger partial charge in [0.15, 0.2) is 6.10 Å². The molecule has 16 heavy (non-hydrogen) atoms. The van der Waals surface area contributed by atoms with Gasteiger partial charge in [-0.3, -0.25) is 0 Å². The Hall–Kier alpha value is -1.33. The minimum Gasteiger partial charge on any atom is -0.479 e. The maximum absolute atomic E-state index is 10.6. The van der Waals surface area contributed by atoms with E-state index in [1.165, 1.54) is 6.07 Å². The SMILES string of the molecule is O=CCCc1cc(S)cc(C(O)C(=O)O)c1. The van der Waals surface area contributed by atoms with Gasteiger partial charge in [-0.2, -0.15) is 0 Å². The molecule has 2 N–H and O–H groups in total. The van der Waals surface area contributed by atoms with Gasteiger partial charge < -0.3 is 15.0 Å². The number of hydrogen-bond donors (Lipinski definition) is 3. The zero-order valence-electron chi connectivity index (χ0n) is 8.46. The first-order valence-corrected chi connectivity index (χ1v) is 5.16. The highest BCUT2D eigenvalue weighted by Crippen LogP contribution is 2.20. The normalized spacial score (nSPS) is 12.1. The first kappa shape index (κ1) is 12.7. The van der Waals surface area contributed by atoms with Crippen LogP contribution in [0, 0.1) is 0 Å². The van der Waals surface area contributed by atoms with E-state index in [1.54, 1.807) is 12.1 Å². The van der Waals surface area contributed by atoms with Crippen LogP contribution in [-0.4, -0.2) is 22.5 Å². The van der Waals surface area contributed by atoms with E-state index < -0.39 is 12.1 Å². The third kappa shape index (κ3) is 3.36. The van der Waals surface area contributed by atoms with Crippen LogP contribution >= 0.6 is 12.6 Å². The molecule has 1 atom stereocenters. The van der Waals surface area contributed by atoms with Crippen molar-refractivity contribution < 1.29 is 19.8 Å². The summed E-state index contributed by atoms with van der Waals surface area (Å²) in [7, 11) is 0. The second kappa shape index (κ2) is 5.67. The van der Waals surface area contributed by atoms with Crippen molar-refractivity contribution in [2.24, 2.45) is 0 Å². The summed E-state index contributed by atoms with van der Waals surface area (Å²) in [5.74, 6) is -1.31. The average molecular weight is 240 g/mol. The molecule has 0 bridgehead atoms. The van der Waals surface area contributed by atoms with Crippen molar-refractivity contribution in [3.63, 3.8) is 0 Å². The first-order chi connectivity index (χ1) is 7.54. The number of aliphatic hydroxyl groups is 1. The molecule has 86 valence electrons. The lowest BCUT2D eigenvalue weighted by Gasteiger charge is -2.09. The van der Waals surface area contributed by atoms with Crippen molar-refractivity contribution in [2.75, 3.05) is 0 Å². The zero-order valence-corrected chi connectivity index (χ0v) is 9.35. The lowest BCUT2D eigenvalue weighted by molar-refractivity contribution is -0.147. The lowest BCUT2D eigenvalue weighted by atomic mass is 10.0. The molecule has 0 heterocycles. The summed E-state index contributed by atoms with van der Waals surface area (Å²) in [6.45, 7) is 0. The molecule has 0 aliphatic carbocycles. The number of aliphatic carboxylic acids is 1. The van der Waals surface area contributed by atoms with E-state index in [2.05, 4.69) is 12.6 Å². The van der Waals surface area contributed by atoms with Crippen LogP contribution in [0.1, 0.15) is 23.7 Å². The quantitative estimate of drug-likeness (QED) is 0.534. The molecule has 5 heteroatoms. The van der Waals surface area contributed by atoms with Crippen LogP contribution in [0.4, 0.5) is 0 Å². The third-order valence-corrected chi connectivity index (χ3v) is 2.36. The van der Waals surface area contributed by atoms with Gasteiger partial charge in [-0.15, -0.1) is 12.6 Å². The van der Waals surface area contributed by atoms with E-state index in [1.807, 2.05) is 0 Å². The highest BCUT2D eigenvalue weighted by Gasteiger charge is 2.16. The fourth-order valence-corrected chi connectivity index (χ4v) is 1.69. The molecule has 4 nitrogen and oxygen atoms in total. The number of aliphatic hydroxyl groups excluding tert-OH is 1. The number of aryl methyl sites for hydroxylation is 1. The molecule has 1 unspecified atom stereocenters. The minimum absolute atomic E-state index is 0.279. The highest BCUT2D eigenvalue weighted by atomic mass is 32.1. The average Bonchev–Trinajstić information content (AvgIpc) is 2.24. The van der Waals surface area contributed by atoms with Gasteiger partial charge in [0.25, 0.3) is 0 Å². The van der Waals surface area contributed by atoms with E-state index >= 15 is 0 Å². The van der Waals surface area contributed by atoms with Crippen LogP contribution in [-0.2, 0) is 16.0 Å².